The number of aliphatic hydroxyl groups excluding tert-OH is 1. The molecule has 0 heterocycles. The van der Waals surface area contributed by atoms with Crippen molar-refractivity contribution in [1.29, 1.82) is 0 Å². The number of carboxylic acid groups (broad SMARTS) is 1. The van der Waals surface area contributed by atoms with Gasteiger partial charge < -0.3 is 25.5 Å². The molecule has 0 fully saturated rings. The Hall–Kier alpha value is -4.30. The largest absolute Gasteiger partial charge is 0.545 e. The molecule has 0 aliphatic heterocycles. The molecule has 8 heteroatoms. The molecule has 0 atom stereocenters. The number of halogens is 3. The lowest BCUT2D eigenvalue weighted by Crippen LogP contribution is -2.22. The molecule has 4 aromatic carbocycles. The van der Waals surface area contributed by atoms with E-state index in [1.807, 2.05) is 60.7 Å². The Balaban J connectivity index is 0.000000211. The van der Waals surface area contributed by atoms with Gasteiger partial charge in [-0.15, -0.1) is 0 Å². The van der Waals surface area contributed by atoms with Crippen LogP contribution in [0.25, 0.3) is 0 Å². The highest BCUT2D eigenvalue weighted by molar-refractivity contribution is 5.89. The number of para-hydroxylation sites is 1. The van der Waals surface area contributed by atoms with Crippen molar-refractivity contribution >= 4 is 11.7 Å². The maximum absolute atomic E-state index is 12.5. The molecular weight excluding hydrogens is 459 g/mol. The summed E-state index contributed by atoms with van der Waals surface area (Å²) in [5, 5.41) is 20.9. The second-order valence-electron chi connectivity index (χ2n) is 7.36. The highest BCUT2D eigenvalue weighted by Crippen LogP contribution is 2.36. The highest BCUT2D eigenvalue weighted by Gasteiger charge is 2.31. The van der Waals surface area contributed by atoms with Gasteiger partial charge in [-0.05, 0) is 41.5 Å². The van der Waals surface area contributed by atoms with Crippen molar-refractivity contribution in [3.63, 3.8) is 0 Å². The Labute approximate surface area is 199 Å². The molecule has 0 bridgehead atoms. The SMILES string of the molecule is Nc1cc(C(F)(F)F)ccc1Oc1ccccc1C(=O)[O-].OC(c1ccccc1)c1ccccc1. The highest BCUT2D eigenvalue weighted by atomic mass is 19.4. The summed E-state index contributed by atoms with van der Waals surface area (Å²) < 4.78 is 42.8. The second kappa shape index (κ2) is 11.2. The third-order valence-corrected chi connectivity index (χ3v) is 4.89. The molecule has 0 spiro atoms. The summed E-state index contributed by atoms with van der Waals surface area (Å²) in [4.78, 5) is 10.9. The van der Waals surface area contributed by atoms with Crippen LogP contribution in [0.2, 0.25) is 0 Å². The molecule has 0 saturated carbocycles. The molecule has 35 heavy (non-hydrogen) atoms. The van der Waals surface area contributed by atoms with Crippen LogP contribution in [-0.4, -0.2) is 11.1 Å². The Bertz CT molecular complexity index is 1220. The summed E-state index contributed by atoms with van der Waals surface area (Å²) in [6.07, 6.45) is -5.03. The number of aromatic carboxylic acids is 1. The van der Waals surface area contributed by atoms with Crippen molar-refractivity contribution in [3.05, 3.63) is 125 Å². The average Bonchev–Trinajstić information content (AvgIpc) is 2.86. The molecule has 3 N–H and O–H groups in total. The van der Waals surface area contributed by atoms with E-state index in [9.17, 15) is 28.2 Å². The van der Waals surface area contributed by atoms with Gasteiger partial charge in [0.05, 0.1) is 17.2 Å². The first-order valence-electron chi connectivity index (χ1n) is 10.4. The van der Waals surface area contributed by atoms with Crippen molar-refractivity contribution < 1.29 is 32.9 Å². The van der Waals surface area contributed by atoms with E-state index in [1.165, 1.54) is 24.3 Å². The molecule has 4 rings (SSSR count). The van der Waals surface area contributed by atoms with Gasteiger partial charge in [-0.1, -0.05) is 72.8 Å². The lowest BCUT2D eigenvalue weighted by Gasteiger charge is -2.14. The summed E-state index contributed by atoms with van der Waals surface area (Å²) in [7, 11) is 0. The number of carboxylic acids is 1. The van der Waals surface area contributed by atoms with Crippen LogP contribution >= 0.6 is 0 Å². The summed E-state index contributed by atoms with van der Waals surface area (Å²) >= 11 is 0. The van der Waals surface area contributed by atoms with Crippen LogP contribution < -0.4 is 15.6 Å². The predicted octanol–water partition coefficient (Wildman–Crippen LogP) is 5.21. The van der Waals surface area contributed by atoms with Crippen molar-refractivity contribution in [1.82, 2.24) is 0 Å². The molecule has 0 aromatic heterocycles. The number of anilines is 1. The van der Waals surface area contributed by atoms with E-state index >= 15 is 0 Å². The Morgan fingerprint density at radius 1 is 0.800 bits per heavy atom. The van der Waals surface area contributed by atoms with Crippen LogP contribution in [-0.2, 0) is 6.18 Å². The van der Waals surface area contributed by atoms with Crippen molar-refractivity contribution in [2.75, 3.05) is 5.73 Å². The molecule has 0 radical (unpaired) electrons. The Kier molecular flexibility index (Phi) is 8.12. The van der Waals surface area contributed by atoms with Crippen LogP contribution in [0.5, 0.6) is 11.5 Å². The van der Waals surface area contributed by atoms with Gasteiger partial charge in [0.15, 0.2) is 0 Å². The second-order valence-corrected chi connectivity index (χ2v) is 7.36. The van der Waals surface area contributed by atoms with Gasteiger partial charge in [0.1, 0.15) is 17.6 Å². The maximum Gasteiger partial charge on any atom is 0.416 e. The number of hydrogen-bond donors (Lipinski definition) is 2. The Morgan fingerprint density at radius 2 is 1.31 bits per heavy atom. The number of rotatable bonds is 5. The number of hydrogen-bond acceptors (Lipinski definition) is 5. The number of aliphatic hydroxyl groups is 1. The van der Waals surface area contributed by atoms with Crippen LogP contribution in [0.4, 0.5) is 18.9 Å². The zero-order valence-corrected chi connectivity index (χ0v) is 18.3. The number of alkyl halides is 3. The maximum atomic E-state index is 12.5. The van der Waals surface area contributed by atoms with E-state index in [0.717, 1.165) is 29.3 Å². The van der Waals surface area contributed by atoms with Crippen LogP contribution in [0.1, 0.15) is 33.2 Å². The van der Waals surface area contributed by atoms with Gasteiger partial charge >= 0.3 is 6.18 Å². The Morgan fingerprint density at radius 3 is 1.80 bits per heavy atom. The zero-order chi connectivity index (χ0) is 25.4. The van der Waals surface area contributed by atoms with E-state index in [1.54, 1.807) is 0 Å². The smallest absolute Gasteiger partial charge is 0.416 e. The molecule has 0 aliphatic rings. The number of carbonyl (C=O) groups excluding carboxylic acids is 1. The number of nitrogen functional groups attached to an aromatic ring is 1. The monoisotopic (exact) mass is 480 g/mol. The lowest BCUT2D eigenvalue weighted by molar-refractivity contribution is -0.255. The summed E-state index contributed by atoms with van der Waals surface area (Å²) in [6.45, 7) is 0. The van der Waals surface area contributed by atoms with E-state index in [2.05, 4.69) is 0 Å². The summed E-state index contributed by atoms with van der Waals surface area (Å²) in [5.74, 6) is -1.60. The van der Waals surface area contributed by atoms with Crippen LogP contribution in [0.3, 0.4) is 0 Å². The molecule has 5 nitrogen and oxygen atoms in total. The molecule has 0 aliphatic carbocycles. The minimum Gasteiger partial charge on any atom is -0.545 e. The van der Waals surface area contributed by atoms with E-state index in [4.69, 9.17) is 10.5 Å². The van der Waals surface area contributed by atoms with Gasteiger partial charge in [0.25, 0.3) is 0 Å². The standard InChI is InChI=1S/C14H10F3NO3.C13H12O/c15-14(16,17)8-5-6-12(10(18)7-8)21-11-4-2-1-3-9(11)13(19)20;14-13(11-7-3-1-4-8-11)12-9-5-2-6-10-12/h1-7H,18H2,(H,19,20);1-10,13-14H/p-1. The van der Waals surface area contributed by atoms with Gasteiger partial charge in [-0.25, -0.2) is 0 Å². The molecule has 0 unspecified atom stereocenters. The van der Waals surface area contributed by atoms with Gasteiger partial charge in [0.2, 0.25) is 0 Å². The number of benzene rings is 4. The number of carbonyl (C=O) groups is 1. The summed E-state index contributed by atoms with van der Waals surface area (Å²) in [5.41, 5.74) is 5.97. The van der Waals surface area contributed by atoms with Crippen molar-refractivity contribution in [2.45, 2.75) is 12.3 Å². The van der Waals surface area contributed by atoms with Crippen LogP contribution in [0, 0.1) is 0 Å². The minimum absolute atomic E-state index is 0.0658. The topological polar surface area (TPSA) is 95.6 Å². The number of nitrogens with two attached hydrogens (primary N) is 1. The first-order chi connectivity index (χ1) is 16.7. The van der Waals surface area contributed by atoms with Gasteiger partial charge in [0, 0.05) is 5.56 Å². The zero-order valence-electron chi connectivity index (χ0n) is 18.3. The van der Waals surface area contributed by atoms with Gasteiger partial charge in [-0.3, -0.25) is 0 Å². The first-order valence-corrected chi connectivity index (χ1v) is 10.4. The van der Waals surface area contributed by atoms with Crippen molar-refractivity contribution in [3.8, 4) is 11.5 Å². The fourth-order valence-corrected chi connectivity index (χ4v) is 3.12. The van der Waals surface area contributed by atoms with E-state index in [0.29, 0.717) is 0 Å². The molecular formula is C27H21F3NO4-. The molecule has 180 valence electrons. The fraction of sp³-hybridized carbons (Fsp3) is 0.0741. The third kappa shape index (κ3) is 6.84. The lowest BCUT2D eigenvalue weighted by atomic mass is 10.0. The first kappa shape index (κ1) is 25.3. The quantitative estimate of drug-likeness (QED) is 0.382. The molecule has 0 amide bonds. The van der Waals surface area contributed by atoms with Crippen molar-refractivity contribution in [2.24, 2.45) is 0 Å². The fourth-order valence-electron chi connectivity index (χ4n) is 3.12. The normalized spacial score (nSPS) is 10.9. The average molecular weight is 480 g/mol. The number of ether oxygens (including phenoxy) is 1. The summed E-state index contributed by atoms with van der Waals surface area (Å²) in [6, 6.07) is 27.5. The third-order valence-electron chi connectivity index (χ3n) is 4.89. The van der Waals surface area contributed by atoms with E-state index in [-0.39, 0.29) is 22.7 Å². The predicted molar refractivity (Wildman–Crippen MR) is 124 cm³/mol. The minimum atomic E-state index is -4.52. The molecule has 4 aromatic rings. The molecule has 0 saturated heterocycles. The van der Waals surface area contributed by atoms with Crippen LogP contribution in [0.15, 0.2) is 103 Å². The van der Waals surface area contributed by atoms with E-state index < -0.39 is 23.8 Å². The van der Waals surface area contributed by atoms with Gasteiger partial charge in [-0.2, -0.15) is 13.2 Å².